The molecule has 1 aromatic rings. The zero-order valence-electron chi connectivity index (χ0n) is 9.07. The van der Waals surface area contributed by atoms with Gasteiger partial charge in [0, 0.05) is 18.1 Å². The van der Waals surface area contributed by atoms with Crippen LogP contribution < -0.4 is 5.32 Å². The lowest BCUT2D eigenvalue weighted by molar-refractivity contribution is -0.123. The van der Waals surface area contributed by atoms with E-state index in [2.05, 4.69) is 5.32 Å². The Balaban J connectivity index is 1.96. The van der Waals surface area contributed by atoms with Crippen LogP contribution in [0.1, 0.15) is 17.9 Å². The molecule has 3 nitrogen and oxygen atoms in total. The third kappa shape index (κ3) is 2.36. The highest BCUT2D eigenvalue weighted by Crippen LogP contribution is 2.49. The fourth-order valence-corrected chi connectivity index (χ4v) is 2.15. The molecule has 1 aliphatic carbocycles. The molecule has 0 aliphatic heterocycles. The molecule has 4 heteroatoms. The fourth-order valence-electron chi connectivity index (χ4n) is 1.88. The smallest absolute Gasteiger partial charge is 0.225 e. The van der Waals surface area contributed by atoms with Gasteiger partial charge in [0.05, 0.1) is 0 Å². The molecule has 1 saturated carbocycles. The lowest BCUT2D eigenvalue weighted by Crippen LogP contribution is -2.27. The summed E-state index contributed by atoms with van der Waals surface area (Å²) in [5.74, 6) is 0.368. The normalized spacial score (nSPS) is 22.9. The van der Waals surface area contributed by atoms with Gasteiger partial charge < -0.3 is 10.1 Å². The van der Waals surface area contributed by atoms with E-state index in [4.69, 9.17) is 16.3 Å². The van der Waals surface area contributed by atoms with Crippen molar-refractivity contribution in [3.8, 4) is 0 Å². The minimum atomic E-state index is 0.0479. The molecule has 2 atom stereocenters. The Bertz CT molecular complexity index is 394. The summed E-state index contributed by atoms with van der Waals surface area (Å²) >= 11 is 6.08. The summed E-state index contributed by atoms with van der Waals surface area (Å²) in [7, 11) is 1.55. The van der Waals surface area contributed by atoms with Gasteiger partial charge in [0.25, 0.3) is 0 Å². The molecule has 0 saturated heterocycles. The highest BCUT2D eigenvalue weighted by Gasteiger charge is 2.44. The number of hydrogen-bond acceptors (Lipinski definition) is 2. The maximum Gasteiger partial charge on any atom is 0.225 e. The number of hydrogen-bond donors (Lipinski definition) is 1. The third-order valence-electron chi connectivity index (χ3n) is 2.82. The van der Waals surface area contributed by atoms with Crippen LogP contribution in [0.5, 0.6) is 0 Å². The Labute approximate surface area is 99.7 Å². The number of carbonyl (C=O) groups is 1. The zero-order valence-corrected chi connectivity index (χ0v) is 9.83. The molecule has 0 spiro atoms. The van der Waals surface area contributed by atoms with Gasteiger partial charge in [0.15, 0.2) is 0 Å². The van der Waals surface area contributed by atoms with Crippen molar-refractivity contribution >= 4 is 17.5 Å². The largest absolute Gasteiger partial charge is 0.364 e. The number of benzene rings is 1. The maximum absolute atomic E-state index is 11.6. The summed E-state index contributed by atoms with van der Waals surface area (Å²) in [6.45, 7) is 0.268. The summed E-state index contributed by atoms with van der Waals surface area (Å²) in [6.07, 6.45) is 0.874. The predicted molar refractivity (Wildman–Crippen MR) is 62.3 cm³/mol. The summed E-state index contributed by atoms with van der Waals surface area (Å²) in [6, 6.07) is 7.69. The van der Waals surface area contributed by atoms with Crippen molar-refractivity contribution in [1.29, 1.82) is 0 Å². The summed E-state index contributed by atoms with van der Waals surface area (Å²) in [5.41, 5.74) is 1.07. The third-order valence-corrected chi connectivity index (χ3v) is 3.17. The molecule has 16 heavy (non-hydrogen) atoms. The SMILES string of the molecule is COCNC(=O)C1CC1c1ccccc1Cl. The number of amides is 1. The Hall–Kier alpha value is -1.06. The van der Waals surface area contributed by atoms with E-state index >= 15 is 0 Å². The maximum atomic E-state index is 11.6. The Morgan fingerprint density at radius 3 is 3.00 bits per heavy atom. The first kappa shape index (κ1) is 11.4. The second kappa shape index (κ2) is 4.85. The number of carbonyl (C=O) groups excluding carboxylic acids is 1. The molecule has 1 amide bonds. The van der Waals surface area contributed by atoms with Gasteiger partial charge in [-0.1, -0.05) is 29.8 Å². The predicted octanol–water partition coefficient (Wildman–Crippen LogP) is 2.16. The van der Waals surface area contributed by atoms with Crippen LogP contribution in [0, 0.1) is 5.92 Å². The highest BCUT2D eigenvalue weighted by atomic mass is 35.5. The monoisotopic (exact) mass is 239 g/mol. The Morgan fingerprint density at radius 2 is 2.31 bits per heavy atom. The molecule has 0 bridgehead atoms. The van der Waals surface area contributed by atoms with E-state index in [9.17, 15) is 4.79 Å². The van der Waals surface area contributed by atoms with Crippen LogP contribution in [0.15, 0.2) is 24.3 Å². The molecular formula is C12H14ClNO2. The average Bonchev–Trinajstić information content (AvgIpc) is 3.06. The molecule has 0 radical (unpaired) electrons. The number of ether oxygens (including phenoxy) is 1. The van der Waals surface area contributed by atoms with Gasteiger partial charge >= 0.3 is 0 Å². The molecule has 1 fully saturated rings. The van der Waals surface area contributed by atoms with Crippen molar-refractivity contribution in [2.24, 2.45) is 5.92 Å². The van der Waals surface area contributed by atoms with Crippen LogP contribution in [0.25, 0.3) is 0 Å². The molecule has 2 unspecified atom stereocenters. The van der Waals surface area contributed by atoms with E-state index in [1.165, 1.54) is 0 Å². The quantitative estimate of drug-likeness (QED) is 0.818. The number of rotatable bonds is 4. The van der Waals surface area contributed by atoms with Crippen LogP contribution in [-0.2, 0) is 9.53 Å². The van der Waals surface area contributed by atoms with Crippen LogP contribution >= 0.6 is 11.6 Å². The lowest BCUT2D eigenvalue weighted by Gasteiger charge is -2.04. The summed E-state index contributed by atoms with van der Waals surface area (Å²) in [4.78, 5) is 11.6. The van der Waals surface area contributed by atoms with Crippen molar-refractivity contribution in [2.75, 3.05) is 13.8 Å². The molecule has 0 aromatic heterocycles. The van der Waals surface area contributed by atoms with Crippen LogP contribution in [0.3, 0.4) is 0 Å². The second-order valence-electron chi connectivity index (χ2n) is 3.94. The van der Waals surface area contributed by atoms with Gasteiger partial charge in [0.1, 0.15) is 6.73 Å². The number of methoxy groups -OCH3 is 1. The standard InChI is InChI=1S/C12H14ClNO2/c1-16-7-14-12(15)10-6-9(10)8-4-2-3-5-11(8)13/h2-5,9-10H,6-7H2,1H3,(H,14,15). The van der Waals surface area contributed by atoms with Crippen LogP contribution in [0.4, 0.5) is 0 Å². The van der Waals surface area contributed by atoms with Gasteiger partial charge in [-0.2, -0.15) is 0 Å². The highest BCUT2D eigenvalue weighted by molar-refractivity contribution is 6.31. The summed E-state index contributed by atoms with van der Waals surface area (Å²) < 4.78 is 4.80. The molecule has 1 N–H and O–H groups in total. The lowest BCUT2D eigenvalue weighted by atomic mass is 10.1. The first-order valence-electron chi connectivity index (χ1n) is 5.25. The van der Waals surface area contributed by atoms with Gasteiger partial charge in [-0.3, -0.25) is 4.79 Å². The zero-order chi connectivity index (χ0) is 11.5. The van der Waals surface area contributed by atoms with E-state index in [1.54, 1.807) is 7.11 Å². The van der Waals surface area contributed by atoms with Crippen LogP contribution in [0.2, 0.25) is 5.02 Å². The van der Waals surface area contributed by atoms with Crippen molar-refractivity contribution in [1.82, 2.24) is 5.32 Å². The van der Waals surface area contributed by atoms with Crippen molar-refractivity contribution < 1.29 is 9.53 Å². The van der Waals surface area contributed by atoms with Gasteiger partial charge in [-0.25, -0.2) is 0 Å². The van der Waals surface area contributed by atoms with E-state index in [0.29, 0.717) is 0 Å². The fraction of sp³-hybridized carbons (Fsp3) is 0.417. The number of halogens is 1. The topological polar surface area (TPSA) is 38.3 Å². The van der Waals surface area contributed by atoms with Crippen molar-refractivity contribution in [3.05, 3.63) is 34.9 Å². The molecule has 1 aromatic carbocycles. The Kier molecular flexibility index (Phi) is 3.46. The molecule has 1 aliphatic rings. The van der Waals surface area contributed by atoms with E-state index in [-0.39, 0.29) is 24.5 Å². The Morgan fingerprint density at radius 1 is 1.56 bits per heavy atom. The first-order valence-corrected chi connectivity index (χ1v) is 5.63. The van der Waals surface area contributed by atoms with Crippen molar-refractivity contribution in [3.63, 3.8) is 0 Å². The van der Waals surface area contributed by atoms with Crippen molar-refractivity contribution in [2.45, 2.75) is 12.3 Å². The van der Waals surface area contributed by atoms with Gasteiger partial charge in [-0.05, 0) is 24.0 Å². The van der Waals surface area contributed by atoms with E-state index in [0.717, 1.165) is 17.0 Å². The average molecular weight is 240 g/mol. The summed E-state index contributed by atoms with van der Waals surface area (Å²) in [5, 5.41) is 3.45. The minimum absolute atomic E-state index is 0.0479. The number of nitrogens with one attached hydrogen (secondary N) is 1. The van der Waals surface area contributed by atoms with Gasteiger partial charge in [0.2, 0.25) is 5.91 Å². The molecule has 0 heterocycles. The molecular weight excluding hydrogens is 226 g/mol. The molecule has 86 valence electrons. The second-order valence-corrected chi connectivity index (χ2v) is 4.35. The van der Waals surface area contributed by atoms with Gasteiger partial charge in [-0.15, -0.1) is 0 Å². The van der Waals surface area contributed by atoms with Crippen LogP contribution in [-0.4, -0.2) is 19.7 Å². The van der Waals surface area contributed by atoms with E-state index < -0.39 is 0 Å². The first-order chi connectivity index (χ1) is 7.74. The minimum Gasteiger partial charge on any atom is -0.364 e. The van der Waals surface area contributed by atoms with E-state index in [1.807, 2.05) is 24.3 Å². The molecule has 2 rings (SSSR count).